The van der Waals surface area contributed by atoms with Gasteiger partial charge in [-0.15, -0.1) is 0 Å². The van der Waals surface area contributed by atoms with Gasteiger partial charge in [0.2, 0.25) is 5.91 Å². The van der Waals surface area contributed by atoms with Gasteiger partial charge in [-0.1, -0.05) is 13.8 Å². The molecule has 108 valence electrons. The molecule has 0 aliphatic heterocycles. The number of rotatable bonds is 5. The molecule has 0 atom stereocenters. The fraction of sp³-hybridized carbons (Fsp3) is 0.867. The van der Waals surface area contributed by atoms with E-state index in [1.165, 1.54) is 12.8 Å². The second kappa shape index (κ2) is 5.51. The standard InChI is InChI=1S/C15H25NO3/c1-15(2)7-5-11(6-8-15)9-13(17)16(10-14(18)19)12-3-4-12/h11-12H,3-10H2,1-2H3,(H,18,19). The Kier molecular flexibility index (Phi) is 4.16. The largest absolute Gasteiger partial charge is 0.480 e. The molecular weight excluding hydrogens is 242 g/mol. The molecule has 0 aromatic rings. The van der Waals surface area contributed by atoms with Crippen molar-refractivity contribution in [1.82, 2.24) is 4.90 Å². The topological polar surface area (TPSA) is 57.6 Å². The summed E-state index contributed by atoms with van der Waals surface area (Å²) in [5.41, 5.74) is 0.413. The zero-order chi connectivity index (χ0) is 14.0. The van der Waals surface area contributed by atoms with Crippen molar-refractivity contribution in [3.8, 4) is 0 Å². The van der Waals surface area contributed by atoms with Crippen LogP contribution in [0.15, 0.2) is 0 Å². The maximum absolute atomic E-state index is 12.3. The first-order valence-corrected chi connectivity index (χ1v) is 7.39. The maximum Gasteiger partial charge on any atom is 0.323 e. The van der Waals surface area contributed by atoms with Crippen LogP contribution in [0.1, 0.15) is 58.8 Å². The van der Waals surface area contributed by atoms with Crippen LogP contribution in [0.2, 0.25) is 0 Å². The van der Waals surface area contributed by atoms with Crippen LogP contribution in [0.3, 0.4) is 0 Å². The minimum absolute atomic E-state index is 0.0506. The third-order valence-electron chi connectivity index (χ3n) is 4.54. The molecule has 4 nitrogen and oxygen atoms in total. The van der Waals surface area contributed by atoms with E-state index < -0.39 is 5.97 Å². The number of carboxylic acid groups (broad SMARTS) is 1. The number of carboxylic acids is 1. The van der Waals surface area contributed by atoms with E-state index in [4.69, 9.17) is 5.11 Å². The Bertz CT molecular complexity index is 350. The summed E-state index contributed by atoms with van der Waals surface area (Å²) in [4.78, 5) is 24.7. The van der Waals surface area contributed by atoms with Gasteiger partial charge in [0.05, 0.1) is 0 Å². The first-order chi connectivity index (χ1) is 8.87. The van der Waals surface area contributed by atoms with Crippen molar-refractivity contribution in [2.24, 2.45) is 11.3 Å². The summed E-state index contributed by atoms with van der Waals surface area (Å²) in [5.74, 6) is -0.393. The second-order valence-corrected chi connectivity index (χ2v) is 6.96. The molecule has 0 radical (unpaired) electrons. The van der Waals surface area contributed by atoms with Gasteiger partial charge in [-0.2, -0.15) is 0 Å². The molecule has 2 rings (SSSR count). The van der Waals surface area contributed by atoms with Crippen LogP contribution in [0, 0.1) is 11.3 Å². The van der Waals surface area contributed by atoms with E-state index in [2.05, 4.69) is 13.8 Å². The number of aliphatic carboxylic acids is 1. The summed E-state index contributed by atoms with van der Waals surface area (Å²) < 4.78 is 0. The lowest BCUT2D eigenvalue weighted by molar-refractivity contribution is -0.145. The Morgan fingerprint density at radius 2 is 1.74 bits per heavy atom. The highest BCUT2D eigenvalue weighted by Crippen LogP contribution is 2.39. The second-order valence-electron chi connectivity index (χ2n) is 6.96. The molecular formula is C15H25NO3. The normalized spacial score (nSPS) is 23.1. The molecule has 2 fully saturated rings. The quantitative estimate of drug-likeness (QED) is 0.833. The lowest BCUT2D eigenvalue weighted by Crippen LogP contribution is -2.38. The summed E-state index contributed by atoms with van der Waals surface area (Å²) in [6.45, 7) is 4.44. The van der Waals surface area contributed by atoms with Crippen molar-refractivity contribution >= 4 is 11.9 Å². The molecule has 0 heterocycles. The molecule has 2 saturated carbocycles. The smallest absolute Gasteiger partial charge is 0.323 e. The van der Waals surface area contributed by atoms with Gasteiger partial charge in [0.25, 0.3) is 0 Å². The average Bonchev–Trinajstić information content (AvgIpc) is 3.12. The first-order valence-electron chi connectivity index (χ1n) is 7.39. The number of nitrogens with zero attached hydrogens (tertiary/aromatic N) is 1. The summed E-state index contributed by atoms with van der Waals surface area (Å²) in [6.07, 6.45) is 7.03. The SMILES string of the molecule is CC1(C)CCC(CC(=O)N(CC(=O)O)C2CC2)CC1. The van der Waals surface area contributed by atoms with E-state index in [9.17, 15) is 9.59 Å². The average molecular weight is 267 g/mol. The summed E-state index contributed by atoms with van der Waals surface area (Å²) >= 11 is 0. The van der Waals surface area contributed by atoms with Gasteiger partial charge in [0.15, 0.2) is 0 Å². The Balaban J connectivity index is 1.84. The molecule has 4 heteroatoms. The van der Waals surface area contributed by atoms with Crippen molar-refractivity contribution in [3.63, 3.8) is 0 Å². The highest BCUT2D eigenvalue weighted by Gasteiger charge is 2.35. The third-order valence-corrected chi connectivity index (χ3v) is 4.54. The number of carbonyl (C=O) groups is 2. The highest BCUT2D eigenvalue weighted by atomic mass is 16.4. The van der Waals surface area contributed by atoms with E-state index >= 15 is 0 Å². The van der Waals surface area contributed by atoms with Crippen molar-refractivity contribution in [2.75, 3.05) is 6.54 Å². The van der Waals surface area contributed by atoms with E-state index in [1.807, 2.05) is 0 Å². The van der Waals surface area contributed by atoms with Crippen molar-refractivity contribution < 1.29 is 14.7 Å². The Hall–Kier alpha value is -1.06. The van der Waals surface area contributed by atoms with Gasteiger partial charge >= 0.3 is 5.97 Å². The van der Waals surface area contributed by atoms with Gasteiger partial charge in [0, 0.05) is 12.5 Å². The van der Waals surface area contributed by atoms with Crippen molar-refractivity contribution in [1.29, 1.82) is 0 Å². The highest BCUT2D eigenvalue weighted by molar-refractivity contribution is 5.82. The number of hydrogen-bond acceptors (Lipinski definition) is 2. The van der Waals surface area contributed by atoms with E-state index in [0.29, 0.717) is 17.8 Å². The molecule has 19 heavy (non-hydrogen) atoms. The van der Waals surface area contributed by atoms with Crippen molar-refractivity contribution in [2.45, 2.75) is 64.8 Å². The van der Waals surface area contributed by atoms with Gasteiger partial charge in [-0.25, -0.2) is 0 Å². The number of amides is 1. The Morgan fingerprint density at radius 1 is 1.16 bits per heavy atom. The molecule has 2 aliphatic carbocycles. The zero-order valence-electron chi connectivity index (χ0n) is 12.0. The van der Waals surface area contributed by atoms with Crippen LogP contribution in [-0.4, -0.2) is 34.5 Å². The zero-order valence-corrected chi connectivity index (χ0v) is 12.0. The Labute approximate surface area is 115 Å². The molecule has 1 amide bonds. The van der Waals surface area contributed by atoms with E-state index in [-0.39, 0.29) is 18.5 Å². The third kappa shape index (κ3) is 4.22. The van der Waals surface area contributed by atoms with E-state index in [1.54, 1.807) is 4.90 Å². The van der Waals surface area contributed by atoms with Crippen LogP contribution in [0.25, 0.3) is 0 Å². The van der Waals surface area contributed by atoms with Crippen molar-refractivity contribution in [3.05, 3.63) is 0 Å². The molecule has 0 aromatic heterocycles. The van der Waals surface area contributed by atoms with Crippen LogP contribution in [-0.2, 0) is 9.59 Å². The van der Waals surface area contributed by atoms with Crippen LogP contribution < -0.4 is 0 Å². The van der Waals surface area contributed by atoms with E-state index in [0.717, 1.165) is 25.7 Å². The molecule has 2 aliphatic rings. The molecule has 0 aromatic carbocycles. The maximum atomic E-state index is 12.3. The van der Waals surface area contributed by atoms with Gasteiger partial charge in [0.1, 0.15) is 6.54 Å². The summed E-state index contributed by atoms with van der Waals surface area (Å²) in [7, 11) is 0. The summed E-state index contributed by atoms with van der Waals surface area (Å²) in [5, 5.41) is 8.89. The lowest BCUT2D eigenvalue weighted by Gasteiger charge is -2.34. The fourth-order valence-corrected chi connectivity index (χ4v) is 2.98. The number of carbonyl (C=O) groups excluding carboxylic acids is 1. The van der Waals surface area contributed by atoms with Crippen LogP contribution >= 0.6 is 0 Å². The molecule has 0 unspecified atom stereocenters. The minimum Gasteiger partial charge on any atom is -0.480 e. The first kappa shape index (κ1) is 14.4. The molecule has 0 bridgehead atoms. The van der Waals surface area contributed by atoms with Crippen LogP contribution in [0.4, 0.5) is 0 Å². The minimum atomic E-state index is -0.898. The fourth-order valence-electron chi connectivity index (χ4n) is 2.98. The molecule has 0 spiro atoms. The predicted octanol–water partition coefficient (Wildman–Crippen LogP) is 2.67. The lowest BCUT2D eigenvalue weighted by atomic mass is 9.72. The molecule has 1 N–H and O–H groups in total. The van der Waals surface area contributed by atoms with Gasteiger partial charge < -0.3 is 10.0 Å². The molecule has 0 saturated heterocycles. The van der Waals surface area contributed by atoms with Crippen LogP contribution in [0.5, 0.6) is 0 Å². The predicted molar refractivity (Wildman–Crippen MR) is 72.7 cm³/mol. The van der Waals surface area contributed by atoms with Gasteiger partial charge in [-0.05, 0) is 49.9 Å². The Morgan fingerprint density at radius 3 is 2.21 bits per heavy atom. The monoisotopic (exact) mass is 267 g/mol. The number of hydrogen-bond donors (Lipinski definition) is 1. The summed E-state index contributed by atoms with van der Waals surface area (Å²) in [6, 6.07) is 0.198. The van der Waals surface area contributed by atoms with Gasteiger partial charge in [-0.3, -0.25) is 9.59 Å².